The molecular formula is C14H17N3O4S. The number of hydrogen-bond donors (Lipinski definition) is 2. The minimum absolute atomic E-state index is 0.181. The zero-order valence-electron chi connectivity index (χ0n) is 12.8. The first-order chi connectivity index (χ1) is 10.3. The predicted octanol–water partition coefficient (Wildman–Crippen LogP) is 2.17. The van der Waals surface area contributed by atoms with Crippen molar-refractivity contribution in [1.29, 1.82) is 0 Å². The average Bonchev–Trinajstić information content (AvgIpc) is 2.98. The van der Waals surface area contributed by atoms with E-state index in [2.05, 4.69) is 15.5 Å². The smallest absolute Gasteiger partial charge is 0.347 e. The SMILES string of the molecule is Cc1nc(CNC(=O)C(C)c2c(C)noc2C)sc1C(=O)O. The number of carboxylic acid groups (broad SMARTS) is 1. The van der Waals surface area contributed by atoms with Crippen LogP contribution in [-0.2, 0) is 11.3 Å². The van der Waals surface area contributed by atoms with Gasteiger partial charge in [0.2, 0.25) is 5.91 Å². The molecule has 0 saturated carbocycles. The van der Waals surface area contributed by atoms with E-state index in [9.17, 15) is 9.59 Å². The second kappa shape index (κ2) is 6.27. The number of aryl methyl sites for hydroxylation is 3. The van der Waals surface area contributed by atoms with Crippen molar-refractivity contribution in [2.24, 2.45) is 0 Å². The number of nitrogens with zero attached hydrogens (tertiary/aromatic N) is 2. The molecule has 2 heterocycles. The van der Waals surface area contributed by atoms with Gasteiger partial charge >= 0.3 is 5.97 Å². The molecule has 0 aliphatic carbocycles. The summed E-state index contributed by atoms with van der Waals surface area (Å²) >= 11 is 1.07. The van der Waals surface area contributed by atoms with E-state index in [1.54, 1.807) is 27.7 Å². The summed E-state index contributed by atoms with van der Waals surface area (Å²) in [4.78, 5) is 27.6. The zero-order chi connectivity index (χ0) is 16.4. The lowest BCUT2D eigenvalue weighted by atomic mass is 9.99. The number of nitrogens with one attached hydrogen (secondary N) is 1. The van der Waals surface area contributed by atoms with Gasteiger partial charge in [-0.2, -0.15) is 0 Å². The molecule has 0 aliphatic heterocycles. The van der Waals surface area contributed by atoms with Crippen LogP contribution in [0.15, 0.2) is 4.52 Å². The molecule has 0 radical (unpaired) electrons. The van der Waals surface area contributed by atoms with Crippen molar-refractivity contribution in [2.75, 3.05) is 0 Å². The van der Waals surface area contributed by atoms with Crippen molar-refractivity contribution < 1.29 is 19.2 Å². The number of aromatic carboxylic acids is 1. The van der Waals surface area contributed by atoms with Gasteiger partial charge in [0.1, 0.15) is 15.6 Å². The second-order valence-electron chi connectivity index (χ2n) is 5.00. The molecule has 0 bridgehead atoms. The number of rotatable bonds is 5. The Bertz CT molecular complexity index is 700. The summed E-state index contributed by atoms with van der Waals surface area (Å²) < 4.78 is 5.07. The molecular weight excluding hydrogens is 306 g/mol. The highest BCUT2D eigenvalue weighted by molar-refractivity contribution is 7.13. The topological polar surface area (TPSA) is 105 Å². The lowest BCUT2D eigenvalue weighted by molar-refractivity contribution is -0.122. The molecule has 7 nitrogen and oxygen atoms in total. The fraction of sp³-hybridized carbons (Fsp3) is 0.429. The Morgan fingerprint density at radius 3 is 2.50 bits per heavy atom. The first kappa shape index (κ1) is 16.2. The van der Waals surface area contributed by atoms with Crippen molar-refractivity contribution >= 4 is 23.2 Å². The highest BCUT2D eigenvalue weighted by atomic mass is 32.1. The second-order valence-corrected chi connectivity index (χ2v) is 6.09. The van der Waals surface area contributed by atoms with Gasteiger partial charge in [0.05, 0.1) is 23.9 Å². The number of thiazole rings is 1. The van der Waals surface area contributed by atoms with Crippen molar-refractivity contribution in [3.8, 4) is 0 Å². The van der Waals surface area contributed by atoms with Crippen LogP contribution in [-0.4, -0.2) is 27.1 Å². The van der Waals surface area contributed by atoms with Gasteiger partial charge in [-0.05, 0) is 27.7 Å². The Morgan fingerprint density at radius 1 is 1.32 bits per heavy atom. The van der Waals surface area contributed by atoms with Crippen LogP contribution in [0.4, 0.5) is 0 Å². The quantitative estimate of drug-likeness (QED) is 0.873. The molecule has 2 aromatic rings. The molecule has 118 valence electrons. The van der Waals surface area contributed by atoms with Gasteiger partial charge in [0, 0.05) is 5.56 Å². The fourth-order valence-electron chi connectivity index (χ4n) is 2.28. The summed E-state index contributed by atoms with van der Waals surface area (Å²) in [6.45, 7) is 7.17. The maximum Gasteiger partial charge on any atom is 0.347 e. The van der Waals surface area contributed by atoms with Gasteiger partial charge in [-0.25, -0.2) is 9.78 Å². The first-order valence-corrected chi connectivity index (χ1v) is 7.53. The third kappa shape index (κ3) is 3.16. The van der Waals surface area contributed by atoms with Crippen LogP contribution >= 0.6 is 11.3 Å². The van der Waals surface area contributed by atoms with E-state index in [-0.39, 0.29) is 17.3 Å². The Hall–Kier alpha value is -2.22. The van der Waals surface area contributed by atoms with Gasteiger partial charge in [-0.15, -0.1) is 11.3 Å². The van der Waals surface area contributed by atoms with Gasteiger partial charge in [0.25, 0.3) is 0 Å². The third-order valence-electron chi connectivity index (χ3n) is 3.36. The monoisotopic (exact) mass is 323 g/mol. The van der Waals surface area contributed by atoms with Crippen molar-refractivity contribution in [3.05, 3.63) is 32.6 Å². The number of aromatic nitrogens is 2. The number of carboxylic acids is 1. The standard InChI is InChI=1S/C14H17N3O4S/c1-6(11-7(2)17-21-9(11)4)13(18)15-5-10-16-8(3)12(22-10)14(19)20/h6H,5H2,1-4H3,(H,15,18)(H,19,20). The van der Waals surface area contributed by atoms with Crippen LogP contribution in [0.5, 0.6) is 0 Å². The minimum Gasteiger partial charge on any atom is -0.477 e. The Balaban J connectivity index is 2.04. The van der Waals surface area contributed by atoms with Crippen LogP contribution in [0.25, 0.3) is 0 Å². The number of hydrogen-bond acceptors (Lipinski definition) is 6. The summed E-state index contributed by atoms with van der Waals surface area (Å²) in [5.74, 6) is -0.958. The van der Waals surface area contributed by atoms with E-state index in [1.807, 2.05) is 0 Å². The van der Waals surface area contributed by atoms with E-state index in [1.165, 1.54) is 0 Å². The summed E-state index contributed by atoms with van der Waals surface area (Å²) in [7, 11) is 0. The van der Waals surface area contributed by atoms with Crippen molar-refractivity contribution in [3.63, 3.8) is 0 Å². The molecule has 8 heteroatoms. The van der Waals surface area contributed by atoms with Crippen LogP contribution < -0.4 is 5.32 Å². The lowest BCUT2D eigenvalue weighted by Gasteiger charge is -2.11. The van der Waals surface area contributed by atoms with E-state index < -0.39 is 11.9 Å². The maximum atomic E-state index is 12.2. The largest absolute Gasteiger partial charge is 0.477 e. The number of amides is 1. The summed E-state index contributed by atoms with van der Waals surface area (Å²) in [5, 5.41) is 16.2. The molecule has 1 unspecified atom stereocenters. The summed E-state index contributed by atoms with van der Waals surface area (Å²) in [6.07, 6.45) is 0. The Labute approximate surface area is 131 Å². The zero-order valence-corrected chi connectivity index (χ0v) is 13.6. The van der Waals surface area contributed by atoms with Gasteiger partial charge in [0.15, 0.2) is 0 Å². The van der Waals surface area contributed by atoms with E-state index in [0.29, 0.717) is 22.2 Å². The molecule has 1 atom stereocenters. The molecule has 0 aliphatic rings. The molecule has 0 aromatic carbocycles. The van der Waals surface area contributed by atoms with Crippen molar-refractivity contribution in [1.82, 2.24) is 15.5 Å². The van der Waals surface area contributed by atoms with E-state index in [4.69, 9.17) is 9.63 Å². The lowest BCUT2D eigenvalue weighted by Crippen LogP contribution is -2.28. The summed E-state index contributed by atoms with van der Waals surface area (Å²) in [5.41, 5.74) is 1.93. The number of carbonyl (C=O) groups excluding carboxylic acids is 1. The average molecular weight is 323 g/mol. The number of carbonyl (C=O) groups is 2. The molecule has 0 saturated heterocycles. The van der Waals surface area contributed by atoms with E-state index >= 15 is 0 Å². The maximum absolute atomic E-state index is 12.2. The van der Waals surface area contributed by atoms with Gasteiger partial charge in [-0.1, -0.05) is 5.16 Å². The molecule has 2 aromatic heterocycles. The minimum atomic E-state index is -1.00. The van der Waals surface area contributed by atoms with E-state index in [0.717, 1.165) is 16.9 Å². The van der Waals surface area contributed by atoms with Gasteiger partial charge in [-0.3, -0.25) is 4.79 Å². The van der Waals surface area contributed by atoms with Crippen LogP contribution in [0.2, 0.25) is 0 Å². The fourth-order valence-corrected chi connectivity index (χ4v) is 3.12. The first-order valence-electron chi connectivity index (χ1n) is 6.71. The normalized spacial score (nSPS) is 12.2. The molecule has 1 amide bonds. The van der Waals surface area contributed by atoms with Crippen LogP contribution in [0.3, 0.4) is 0 Å². The predicted molar refractivity (Wildman–Crippen MR) is 80.0 cm³/mol. The third-order valence-corrected chi connectivity index (χ3v) is 4.51. The van der Waals surface area contributed by atoms with Crippen molar-refractivity contribution in [2.45, 2.75) is 40.2 Å². The molecule has 2 rings (SSSR count). The highest BCUT2D eigenvalue weighted by Crippen LogP contribution is 2.23. The van der Waals surface area contributed by atoms with Gasteiger partial charge < -0.3 is 14.9 Å². The highest BCUT2D eigenvalue weighted by Gasteiger charge is 2.23. The van der Waals surface area contributed by atoms with Crippen LogP contribution in [0.1, 0.15) is 50.2 Å². The molecule has 22 heavy (non-hydrogen) atoms. The Kier molecular flexibility index (Phi) is 4.60. The molecule has 2 N–H and O–H groups in total. The molecule has 0 fully saturated rings. The van der Waals surface area contributed by atoms with Crippen LogP contribution in [0, 0.1) is 20.8 Å². The summed E-state index contributed by atoms with van der Waals surface area (Å²) in [6, 6.07) is 0. The Morgan fingerprint density at radius 2 is 2.00 bits per heavy atom. The molecule has 0 spiro atoms.